The number of benzene rings is 2. The van der Waals surface area contributed by atoms with Crippen LogP contribution in [0.5, 0.6) is 0 Å². The van der Waals surface area contributed by atoms with Crippen molar-refractivity contribution in [3.05, 3.63) is 69.4 Å². The van der Waals surface area contributed by atoms with E-state index in [1.54, 1.807) is 12.1 Å². The molecule has 0 amide bonds. The molecule has 0 spiro atoms. The average molecular weight is 335 g/mol. The third kappa shape index (κ3) is 2.79. The summed E-state index contributed by atoms with van der Waals surface area (Å²) in [6, 6.07) is 13.3. The van der Waals surface area contributed by atoms with Gasteiger partial charge in [0.05, 0.1) is 10.6 Å². The highest BCUT2D eigenvalue weighted by Gasteiger charge is 2.27. The Morgan fingerprint density at radius 1 is 1.15 bits per heavy atom. The molecule has 0 bridgehead atoms. The number of aliphatic hydroxyl groups is 1. The Morgan fingerprint density at radius 2 is 1.80 bits per heavy atom. The minimum absolute atomic E-state index is 0.260. The molecule has 0 saturated carbocycles. The SMILES string of the molecule is OC(Cc1ccc(F)c(Br)c1)C1Cc2ccccc2C1. The molecule has 0 radical (unpaired) electrons. The molecule has 2 aromatic rings. The van der Waals surface area contributed by atoms with Crippen LogP contribution in [0, 0.1) is 11.7 Å². The lowest BCUT2D eigenvalue weighted by Crippen LogP contribution is -2.23. The Balaban J connectivity index is 1.69. The number of hydrogen-bond acceptors (Lipinski definition) is 1. The smallest absolute Gasteiger partial charge is 0.137 e. The molecule has 3 rings (SSSR count). The predicted octanol–water partition coefficient (Wildman–Crippen LogP) is 3.91. The van der Waals surface area contributed by atoms with E-state index in [-0.39, 0.29) is 17.8 Å². The van der Waals surface area contributed by atoms with Gasteiger partial charge in [-0.3, -0.25) is 0 Å². The number of fused-ring (bicyclic) bond motifs is 1. The van der Waals surface area contributed by atoms with Gasteiger partial charge in [-0.25, -0.2) is 4.39 Å². The molecule has 2 aromatic carbocycles. The summed E-state index contributed by atoms with van der Waals surface area (Å²) >= 11 is 3.19. The van der Waals surface area contributed by atoms with E-state index in [0.717, 1.165) is 18.4 Å². The van der Waals surface area contributed by atoms with Crippen LogP contribution in [0.4, 0.5) is 4.39 Å². The largest absolute Gasteiger partial charge is 0.392 e. The normalized spacial score (nSPS) is 16.1. The molecule has 104 valence electrons. The number of halogens is 2. The summed E-state index contributed by atoms with van der Waals surface area (Å²) in [4.78, 5) is 0. The van der Waals surface area contributed by atoms with E-state index in [0.29, 0.717) is 10.9 Å². The van der Waals surface area contributed by atoms with Crippen LogP contribution in [0.1, 0.15) is 16.7 Å². The molecule has 1 aliphatic carbocycles. The minimum atomic E-state index is -0.389. The van der Waals surface area contributed by atoms with Gasteiger partial charge >= 0.3 is 0 Å². The standard InChI is InChI=1S/C17H16BrFO/c18-15-7-11(5-6-16(15)19)8-17(20)14-9-12-3-1-2-4-13(12)10-14/h1-7,14,17,20H,8-10H2. The zero-order valence-electron chi connectivity index (χ0n) is 11.0. The third-order valence-electron chi connectivity index (χ3n) is 4.06. The van der Waals surface area contributed by atoms with E-state index in [4.69, 9.17) is 0 Å². The molecule has 0 heterocycles. The first-order valence-electron chi connectivity index (χ1n) is 6.82. The molecule has 1 nitrogen and oxygen atoms in total. The summed E-state index contributed by atoms with van der Waals surface area (Å²) in [7, 11) is 0. The number of aliphatic hydroxyl groups excluding tert-OH is 1. The molecule has 1 aliphatic rings. The summed E-state index contributed by atoms with van der Waals surface area (Å²) in [5.74, 6) is -0.00672. The summed E-state index contributed by atoms with van der Waals surface area (Å²) in [5, 5.41) is 10.4. The van der Waals surface area contributed by atoms with Gasteiger partial charge < -0.3 is 5.11 Å². The van der Waals surface area contributed by atoms with Crippen LogP contribution in [-0.2, 0) is 19.3 Å². The third-order valence-corrected chi connectivity index (χ3v) is 4.66. The van der Waals surface area contributed by atoms with Gasteiger partial charge in [0.25, 0.3) is 0 Å². The van der Waals surface area contributed by atoms with Crippen molar-refractivity contribution in [3.8, 4) is 0 Å². The summed E-state index contributed by atoms with van der Waals surface area (Å²) in [6.45, 7) is 0. The Morgan fingerprint density at radius 3 is 2.40 bits per heavy atom. The highest BCUT2D eigenvalue weighted by Crippen LogP contribution is 2.30. The summed E-state index contributed by atoms with van der Waals surface area (Å²) < 4.78 is 13.7. The van der Waals surface area contributed by atoms with Crippen LogP contribution in [-0.4, -0.2) is 11.2 Å². The Kier molecular flexibility index (Phi) is 3.90. The van der Waals surface area contributed by atoms with Gasteiger partial charge in [0.2, 0.25) is 0 Å². The lowest BCUT2D eigenvalue weighted by atomic mass is 9.94. The summed E-state index contributed by atoms with van der Waals surface area (Å²) in [6.07, 6.45) is 2.04. The maximum Gasteiger partial charge on any atom is 0.137 e. The molecule has 0 aromatic heterocycles. The van der Waals surface area contributed by atoms with Gasteiger partial charge in [0.15, 0.2) is 0 Å². The van der Waals surface area contributed by atoms with Gasteiger partial charge in [0, 0.05) is 0 Å². The molecule has 20 heavy (non-hydrogen) atoms. The van der Waals surface area contributed by atoms with Crippen molar-refractivity contribution < 1.29 is 9.50 Å². The van der Waals surface area contributed by atoms with E-state index in [1.165, 1.54) is 17.2 Å². The first-order chi connectivity index (χ1) is 9.63. The molecular formula is C17H16BrFO. The van der Waals surface area contributed by atoms with Gasteiger partial charge in [-0.15, -0.1) is 0 Å². The van der Waals surface area contributed by atoms with Crippen LogP contribution in [0.3, 0.4) is 0 Å². The molecule has 0 fully saturated rings. The van der Waals surface area contributed by atoms with Crippen molar-refractivity contribution in [2.75, 3.05) is 0 Å². The maximum atomic E-state index is 13.2. The van der Waals surface area contributed by atoms with Gasteiger partial charge in [0.1, 0.15) is 5.82 Å². The minimum Gasteiger partial charge on any atom is -0.392 e. The van der Waals surface area contributed by atoms with Crippen molar-refractivity contribution in [1.82, 2.24) is 0 Å². The zero-order valence-corrected chi connectivity index (χ0v) is 12.6. The van der Waals surface area contributed by atoms with Crippen LogP contribution in [0.25, 0.3) is 0 Å². The fraction of sp³-hybridized carbons (Fsp3) is 0.294. The fourth-order valence-electron chi connectivity index (χ4n) is 2.94. The average Bonchev–Trinajstić information content (AvgIpc) is 2.87. The molecule has 0 saturated heterocycles. The van der Waals surface area contributed by atoms with Crippen molar-refractivity contribution >= 4 is 15.9 Å². The fourth-order valence-corrected chi connectivity index (χ4v) is 3.37. The number of hydrogen-bond donors (Lipinski definition) is 1. The lowest BCUT2D eigenvalue weighted by Gasteiger charge is -2.18. The molecule has 3 heteroatoms. The van der Waals surface area contributed by atoms with Gasteiger partial charge in [-0.05, 0) is 69.9 Å². The van der Waals surface area contributed by atoms with E-state index >= 15 is 0 Å². The van der Waals surface area contributed by atoms with Crippen molar-refractivity contribution in [3.63, 3.8) is 0 Å². The van der Waals surface area contributed by atoms with Gasteiger partial charge in [-0.2, -0.15) is 0 Å². The van der Waals surface area contributed by atoms with Crippen LogP contribution < -0.4 is 0 Å². The maximum absolute atomic E-state index is 13.2. The molecule has 0 aliphatic heterocycles. The highest BCUT2D eigenvalue weighted by molar-refractivity contribution is 9.10. The monoisotopic (exact) mass is 334 g/mol. The Bertz CT molecular complexity index is 601. The zero-order chi connectivity index (χ0) is 14.1. The van der Waals surface area contributed by atoms with E-state index in [1.807, 2.05) is 12.1 Å². The van der Waals surface area contributed by atoms with E-state index in [9.17, 15) is 9.50 Å². The van der Waals surface area contributed by atoms with Crippen molar-refractivity contribution in [2.45, 2.75) is 25.4 Å². The second kappa shape index (κ2) is 5.66. The van der Waals surface area contributed by atoms with E-state index in [2.05, 4.69) is 28.1 Å². The Labute approximate surface area is 126 Å². The molecule has 1 N–H and O–H groups in total. The van der Waals surface area contributed by atoms with Crippen LogP contribution in [0.2, 0.25) is 0 Å². The molecular weight excluding hydrogens is 319 g/mol. The number of rotatable bonds is 3. The van der Waals surface area contributed by atoms with Crippen LogP contribution >= 0.6 is 15.9 Å². The van der Waals surface area contributed by atoms with E-state index < -0.39 is 0 Å². The quantitative estimate of drug-likeness (QED) is 0.902. The Hall–Kier alpha value is -1.19. The second-order valence-electron chi connectivity index (χ2n) is 5.46. The molecule has 1 atom stereocenters. The summed E-state index contributed by atoms with van der Waals surface area (Å²) in [5.41, 5.74) is 3.65. The highest BCUT2D eigenvalue weighted by atomic mass is 79.9. The predicted molar refractivity (Wildman–Crippen MR) is 81.2 cm³/mol. The first-order valence-corrected chi connectivity index (χ1v) is 7.61. The molecule has 1 unspecified atom stereocenters. The van der Waals surface area contributed by atoms with Crippen LogP contribution in [0.15, 0.2) is 46.9 Å². The topological polar surface area (TPSA) is 20.2 Å². The first kappa shape index (κ1) is 13.8. The van der Waals surface area contributed by atoms with Crippen molar-refractivity contribution in [1.29, 1.82) is 0 Å². The second-order valence-corrected chi connectivity index (χ2v) is 6.31. The lowest BCUT2D eigenvalue weighted by molar-refractivity contribution is 0.113. The van der Waals surface area contributed by atoms with Gasteiger partial charge in [-0.1, -0.05) is 30.3 Å². The van der Waals surface area contributed by atoms with Crippen molar-refractivity contribution in [2.24, 2.45) is 5.92 Å².